The molecule has 0 aromatic heterocycles. The monoisotopic (exact) mass is 167 g/mol. The Kier molecular flexibility index (Phi) is 1.68. The highest BCUT2D eigenvalue weighted by molar-refractivity contribution is 5.88. The van der Waals surface area contributed by atoms with Gasteiger partial charge in [0.1, 0.15) is 0 Å². The molecule has 0 amide bonds. The van der Waals surface area contributed by atoms with Crippen LogP contribution in [0.25, 0.3) is 0 Å². The third kappa shape index (κ3) is 1.14. The van der Waals surface area contributed by atoms with Crippen molar-refractivity contribution in [1.29, 1.82) is 0 Å². The molecule has 1 fully saturated rings. The molecule has 0 bridgehead atoms. The molecule has 0 aromatic rings. The fraction of sp³-hybridized carbons (Fsp3) is 0.667. The number of piperidine rings is 1. The topological polar surface area (TPSA) is 49.3 Å². The molecule has 2 rings (SSSR count). The van der Waals surface area contributed by atoms with E-state index in [1.165, 1.54) is 0 Å². The lowest BCUT2D eigenvalue weighted by Crippen LogP contribution is -2.40. The highest BCUT2D eigenvalue weighted by Crippen LogP contribution is 2.45. The molecule has 0 saturated carbocycles. The maximum Gasteiger partial charge on any atom is 0.331 e. The van der Waals surface area contributed by atoms with Crippen molar-refractivity contribution in [3.63, 3.8) is 0 Å². The van der Waals surface area contributed by atoms with E-state index in [9.17, 15) is 4.79 Å². The molecule has 12 heavy (non-hydrogen) atoms. The second-order valence-corrected chi connectivity index (χ2v) is 3.76. The summed E-state index contributed by atoms with van der Waals surface area (Å²) >= 11 is 0. The Hall–Kier alpha value is -0.830. The van der Waals surface area contributed by atoms with E-state index in [4.69, 9.17) is 5.11 Å². The zero-order valence-electron chi connectivity index (χ0n) is 6.97. The minimum atomic E-state index is -0.737. The molecule has 1 aliphatic heterocycles. The summed E-state index contributed by atoms with van der Waals surface area (Å²) in [4.78, 5) is 10.5. The summed E-state index contributed by atoms with van der Waals surface area (Å²) in [7, 11) is 0. The van der Waals surface area contributed by atoms with Crippen LogP contribution in [0.5, 0.6) is 0 Å². The highest BCUT2D eigenvalue weighted by atomic mass is 16.4. The number of carboxylic acids is 1. The van der Waals surface area contributed by atoms with Crippen molar-refractivity contribution in [1.82, 2.24) is 5.32 Å². The third-order valence-corrected chi connectivity index (χ3v) is 2.90. The van der Waals surface area contributed by atoms with Gasteiger partial charge in [0.15, 0.2) is 0 Å². The van der Waals surface area contributed by atoms with Crippen molar-refractivity contribution in [2.24, 2.45) is 5.41 Å². The van der Waals surface area contributed by atoms with Gasteiger partial charge < -0.3 is 10.4 Å². The zero-order chi connectivity index (χ0) is 8.60. The molecule has 3 heteroatoms. The van der Waals surface area contributed by atoms with Crippen molar-refractivity contribution in [3.8, 4) is 0 Å². The lowest BCUT2D eigenvalue weighted by molar-refractivity contribution is -0.133. The summed E-state index contributed by atoms with van der Waals surface area (Å²) in [6, 6.07) is 0. The van der Waals surface area contributed by atoms with E-state index in [0.717, 1.165) is 32.4 Å². The van der Waals surface area contributed by atoms with E-state index in [2.05, 4.69) is 5.32 Å². The molecule has 1 saturated heterocycles. The first-order valence-electron chi connectivity index (χ1n) is 4.38. The second kappa shape index (κ2) is 2.59. The number of carboxylic acid groups (broad SMARTS) is 1. The zero-order valence-corrected chi connectivity index (χ0v) is 6.97. The van der Waals surface area contributed by atoms with Crippen LogP contribution < -0.4 is 5.32 Å². The summed E-state index contributed by atoms with van der Waals surface area (Å²) in [5.74, 6) is -0.737. The van der Waals surface area contributed by atoms with Crippen LogP contribution in [0, 0.1) is 5.41 Å². The van der Waals surface area contributed by atoms with Gasteiger partial charge >= 0.3 is 5.97 Å². The summed E-state index contributed by atoms with van der Waals surface area (Å²) < 4.78 is 0. The minimum absolute atomic E-state index is 0.249. The second-order valence-electron chi connectivity index (χ2n) is 3.76. The molecule has 1 spiro atoms. The van der Waals surface area contributed by atoms with Gasteiger partial charge in [0.05, 0.1) is 0 Å². The van der Waals surface area contributed by atoms with E-state index in [1.54, 1.807) is 0 Å². The van der Waals surface area contributed by atoms with Gasteiger partial charge in [-0.15, -0.1) is 0 Å². The Morgan fingerprint density at radius 2 is 2.08 bits per heavy atom. The Morgan fingerprint density at radius 1 is 1.50 bits per heavy atom. The van der Waals surface area contributed by atoms with Crippen LogP contribution in [-0.2, 0) is 4.79 Å². The Bertz CT molecular complexity index is 239. The first-order valence-corrected chi connectivity index (χ1v) is 4.38. The van der Waals surface area contributed by atoms with Crippen molar-refractivity contribution >= 4 is 5.97 Å². The first-order chi connectivity index (χ1) is 5.72. The van der Waals surface area contributed by atoms with Gasteiger partial charge in [-0.05, 0) is 37.8 Å². The quantitative estimate of drug-likeness (QED) is 0.606. The van der Waals surface area contributed by atoms with Gasteiger partial charge in [0.2, 0.25) is 0 Å². The molecule has 2 aliphatic rings. The van der Waals surface area contributed by atoms with E-state index >= 15 is 0 Å². The lowest BCUT2D eigenvalue weighted by Gasteiger charge is -2.41. The van der Waals surface area contributed by atoms with Crippen molar-refractivity contribution < 1.29 is 9.90 Å². The number of hydrogen-bond donors (Lipinski definition) is 2. The van der Waals surface area contributed by atoms with Gasteiger partial charge in [-0.2, -0.15) is 0 Å². The molecule has 0 radical (unpaired) electrons. The maximum absolute atomic E-state index is 10.5. The molecule has 0 atom stereocenters. The predicted octanol–water partition coefficient (Wildman–Crippen LogP) is 0.771. The van der Waals surface area contributed by atoms with Crippen LogP contribution in [0.3, 0.4) is 0 Å². The Balaban J connectivity index is 2.04. The fourth-order valence-corrected chi connectivity index (χ4v) is 2.10. The molecular weight excluding hydrogens is 154 g/mol. The molecule has 0 aromatic carbocycles. The summed E-state index contributed by atoms with van der Waals surface area (Å²) in [6.07, 6.45) is 4.94. The minimum Gasteiger partial charge on any atom is -0.478 e. The van der Waals surface area contributed by atoms with Crippen LogP contribution in [-0.4, -0.2) is 24.2 Å². The molecule has 2 N–H and O–H groups in total. The average Bonchev–Trinajstić information content (AvgIpc) is 2.01. The number of hydrogen-bond acceptors (Lipinski definition) is 2. The maximum atomic E-state index is 10.5. The number of rotatable bonds is 1. The third-order valence-electron chi connectivity index (χ3n) is 2.90. The normalized spacial score (nSPS) is 26.2. The van der Waals surface area contributed by atoms with Crippen LogP contribution >= 0.6 is 0 Å². The lowest BCUT2D eigenvalue weighted by atomic mass is 9.65. The van der Waals surface area contributed by atoms with Crippen molar-refractivity contribution in [3.05, 3.63) is 11.6 Å². The number of carbonyl (C=O) groups is 1. The number of nitrogens with one attached hydrogen (secondary N) is 1. The fourth-order valence-electron chi connectivity index (χ4n) is 2.10. The molecule has 1 heterocycles. The van der Waals surface area contributed by atoms with Crippen molar-refractivity contribution in [2.45, 2.75) is 19.3 Å². The highest BCUT2D eigenvalue weighted by Gasteiger charge is 2.39. The summed E-state index contributed by atoms with van der Waals surface area (Å²) in [5, 5.41) is 11.9. The van der Waals surface area contributed by atoms with E-state index in [-0.39, 0.29) is 5.41 Å². The molecule has 1 aliphatic carbocycles. The summed E-state index contributed by atoms with van der Waals surface area (Å²) in [6.45, 7) is 2.06. The van der Waals surface area contributed by atoms with E-state index < -0.39 is 5.97 Å². The van der Waals surface area contributed by atoms with Gasteiger partial charge in [-0.25, -0.2) is 4.79 Å². The van der Waals surface area contributed by atoms with Crippen LogP contribution in [0.4, 0.5) is 0 Å². The largest absolute Gasteiger partial charge is 0.478 e. The smallest absolute Gasteiger partial charge is 0.331 e. The first kappa shape index (κ1) is 7.80. The standard InChI is InChI=1S/C9H13NO2/c11-8(12)7-5-9(6-7)1-3-10-4-2-9/h5,10H,1-4,6H2,(H,11,12). The summed E-state index contributed by atoms with van der Waals surface area (Å²) in [5.41, 5.74) is 0.857. The molecular formula is C9H13NO2. The molecule has 66 valence electrons. The number of aliphatic carboxylic acids is 1. The predicted molar refractivity (Wildman–Crippen MR) is 44.9 cm³/mol. The SMILES string of the molecule is O=C(O)C1=CC2(CCNCC2)C1. The molecule has 0 unspecified atom stereocenters. The van der Waals surface area contributed by atoms with E-state index in [1.807, 2.05) is 6.08 Å². The van der Waals surface area contributed by atoms with Gasteiger partial charge in [0.25, 0.3) is 0 Å². The van der Waals surface area contributed by atoms with Gasteiger partial charge in [-0.1, -0.05) is 6.08 Å². The van der Waals surface area contributed by atoms with Crippen LogP contribution in [0.1, 0.15) is 19.3 Å². The Morgan fingerprint density at radius 3 is 2.58 bits per heavy atom. The van der Waals surface area contributed by atoms with Crippen LogP contribution in [0.2, 0.25) is 0 Å². The number of allylic oxidation sites excluding steroid dienone is 1. The average molecular weight is 167 g/mol. The van der Waals surface area contributed by atoms with Crippen LogP contribution in [0.15, 0.2) is 11.6 Å². The Labute approximate surface area is 71.5 Å². The molecule has 3 nitrogen and oxygen atoms in total. The van der Waals surface area contributed by atoms with Crippen molar-refractivity contribution in [2.75, 3.05) is 13.1 Å². The van der Waals surface area contributed by atoms with E-state index in [0.29, 0.717) is 5.57 Å². The van der Waals surface area contributed by atoms with Gasteiger partial charge in [0, 0.05) is 5.57 Å². The van der Waals surface area contributed by atoms with Gasteiger partial charge in [-0.3, -0.25) is 0 Å².